The van der Waals surface area contributed by atoms with E-state index in [1.807, 2.05) is 25.1 Å². The molecule has 1 aromatic heterocycles. The molecule has 0 spiro atoms. The Morgan fingerprint density at radius 2 is 1.95 bits per heavy atom. The van der Waals surface area contributed by atoms with E-state index in [-0.39, 0.29) is 5.91 Å². The summed E-state index contributed by atoms with van der Waals surface area (Å²) in [6, 6.07) is 10.8. The van der Waals surface area contributed by atoms with E-state index in [0.717, 1.165) is 0 Å². The fraction of sp³-hybridized carbons (Fsp3) is 0.0588. The number of amides is 1. The third kappa shape index (κ3) is 4.95. The minimum Gasteiger partial charge on any atom is -0.457 e. The molecule has 1 N–H and O–H groups in total. The molecule has 0 aliphatic rings. The lowest BCUT2D eigenvalue weighted by atomic mass is 10.3. The molecule has 2 rings (SSSR count). The number of nitrogens with one attached hydrogen (secondary N) is 1. The molecular weight excluding hydrogens is 264 g/mol. The molecule has 0 aliphatic carbocycles. The Morgan fingerprint density at radius 1 is 1.14 bits per heavy atom. The molecule has 4 nitrogen and oxygen atoms in total. The highest BCUT2D eigenvalue weighted by molar-refractivity contribution is 5.99. The second-order valence-electron chi connectivity index (χ2n) is 4.19. The van der Waals surface area contributed by atoms with Crippen LogP contribution in [0.1, 0.15) is 6.92 Å². The van der Waals surface area contributed by atoms with Gasteiger partial charge in [0.25, 0.3) is 0 Å². The lowest BCUT2D eigenvalue weighted by molar-refractivity contribution is -0.111. The van der Waals surface area contributed by atoms with Crippen LogP contribution in [0.5, 0.6) is 11.5 Å². The molecule has 0 unspecified atom stereocenters. The highest BCUT2D eigenvalue weighted by atomic mass is 16.5. The molecule has 1 amide bonds. The van der Waals surface area contributed by atoms with Gasteiger partial charge in [-0.25, -0.2) is 0 Å². The largest absolute Gasteiger partial charge is 0.457 e. The number of nitrogens with zero attached hydrogens (tertiary/aromatic N) is 1. The Bertz CT molecular complexity index is 649. The van der Waals surface area contributed by atoms with Gasteiger partial charge in [-0.2, -0.15) is 0 Å². The molecule has 2 aromatic rings. The zero-order chi connectivity index (χ0) is 14.9. The standard InChI is InChI=1S/C17H16N2O2/c1-2-3-4-8-17(20)19-14-6-5-7-16(13-14)21-15-9-11-18-12-10-15/h2-13H,1H3,(H,19,20)/b3-2+,8-4+. The van der Waals surface area contributed by atoms with Gasteiger partial charge in [-0.05, 0) is 31.2 Å². The summed E-state index contributed by atoms with van der Waals surface area (Å²) in [7, 11) is 0. The van der Waals surface area contributed by atoms with Gasteiger partial charge in [0.2, 0.25) is 5.91 Å². The van der Waals surface area contributed by atoms with Crippen molar-refractivity contribution in [2.45, 2.75) is 6.92 Å². The molecule has 4 heteroatoms. The summed E-state index contributed by atoms with van der Waals surface area (Å²) in [6.07, 6.45) is 10.1. The van der Waals surface area contributed by atoms with Crippen LogP contribution in [0.4, 0.5) is 5.69 Å². The van der Waals surface area contributed by atoms with Crippen molar-refractivity contribution < 1.29 is 9.53 Å². The van der Waals surface area contributed by atoms with Crippen LogP contribution < -0.4 is 10.1 Å². The normalized spacial score (nSPS) is 10.9. The van der Waals surface area contributed by atoms with Crippen LogP contribution in [0, 0.1) is 0 Å². The molecule has 106 valence electrons. The van der Waals surface area contributed by atoms with Gasteiger partial charge in [0, 0.05) is 30.2 Å². The number of hydrogen-bond acceptors (Lipinski definition) is 3. The van der Waals surface area contributed by atoms with Crippen LogP contribution in [0.25, 0.3) is 0 Å². The number of rotatable bonds is 5. The van der Waals surface area contributed by atoms with Crippen molar-refractivity contribution in [1.29, 1.82) is 0 Å². The third-order valence-electron chi connectivity index (χ3n) is 2.54. The number of carbonyl (C=O) groups is 1. The van der Waals surface area contributed by atoms with Crippen molar-refractivity contribution in [3.05, 3.63) is 73.1 Å². The van der Waals surface area contributed by atoms with E-state index in [4.69, 9.17) is 4.74 Å². The summed E-state index contributed by atoms with van der Waals surface area (Å²) in [4.78, 5) is 15.6. The lowest BCUT2D eigenvalue weighted by Crippen LogP contribution is -2.07. The Balaban J connectivity index is 2.02. The molecule has 0 atom stereocenters. The van der Waals surface area contributed by atoms with Gasteiger partial charge in [-0.15, -0.1) is 0 Å². The molecule has 0 saturated heterocycles. The molecule has 0 radical (unpaired) electrons. The van der Waals surface area contributed by atoms with Crippen molar-refractivity contribution in [3.63, 3.8) is 0 Å². The topological polar surface area (TPSA) is 51.2 Å². The fourth-order valence-electron chi connectivity index (χ4n) is 1.62. The van der Waals surface area contributed by atoms with Crippen LogP contribution in [0.2, 0.25) is 0 Å². The Kier molecular flexibility index (Phi) is 5.29. The van der Waals surface area contributed by atoms with Crippen LogP contribution >= 0.6 is 0 Å². The smallest absolute Gasteiger partial charge is 0.248 e. The summed E-state index contributed by atoms with van der Waals surface area (Å²) in [6.45, 7) is 1.89. The zero-order valence-electron chi connectivity index (χ0n) is 11.7. The first kappa shape index (κ1) is 14.5. The minimum absolute atomic E-state index is 0.186. The van der Waals surface area contributed by atoms with Crippen LogP contribution in [0.15, 0.2) is 73.1 Å². The quantitative estimate of drug-likeness (QED) is 0.666. The lowest BCUT2D eigenvalue weighted by Gasteiger charge is -2.07. The predicted molar refractivity (Wildman–Crippen MR) is 83.3 cm³/mol. The maximum atomic E-state index is 11.7. The number of carbonyl (C=O) groups excluding carboxylic acids is 1. The number of anilines is 1. The second kappa shape index (κ2) is 7.65. The maximum absolute atomic E-state index is 11.7. The molecule has 0 aliphatic heterocycles. The number of aromatic nitrogens is 1. The fourth-order valence-corrected chi connectivity index (χ4v) is 1.62. The predicted octanol–water partition coefficient (Wildman–Crippen LogP) is 3.94. The highest BCUT2D eigenvalue weighted by Gasteiger charge is 2.01. The molecule has 1 heterocycles. The van der Waals surface area contributed by atoms with Crippen molar-refractivity contribution in [2.75, 3.05) is 5.32 Å². The van der Waals surface area contributed by atoms with Gasteiger partial charge in [0.05, 0.1) is 0 Å². The third-order valence-corrected chi connectivity index (χ3v) is 2.54. The Morgan fingerprint density at radius 3 is 2.71 bits per heavy atom. The van der Waals surface area contributed by atoms with Crippen LogP contribution in [-0.4, -0.2) is 10.9 Å². The van der Waals surface area contributed by atoms with Crippen molar-refractivity contribution >= 4 is 11.6 Å². The number of hydrogen-bond donors (Lipinski definition) is 1. The van der Waals surface area contributed by atoms with E-state index in [9.17, 15) is 4.79 Å². The number of benzene rings is 1. The number of allylic oxidation sites excluding steroid dienone is 3. The second-order valence-corrected chi connectivity index (χ2v) is 4.19. The van der Waals surface area contributed by atoms with Crippen LogP contribution in [-0.2, 0) is 4.79 Å². The van der Waals surface area contributed by atoms with Gasteiger partial charge in [-0.3, -0.25) is 9.78 Å². The van der Waals surface area contributed by atoms with E-state index in [1.165, 1.54) is 6.08 Å². The first-order chi connectivity index (χ1) is 10.3. The first-order valence-electron chi connectivity index (χ1n) is 6.56. The first-order valence-corrected chi connectivity index (χ1v) is 6.56. The molecule has 0 fully saturated rings. The summed E-state index contributed by atoms with van der Waals surface area (Å²) < 4.78 is 5.68. The summed E-state index contributed by atoms with van der Waals surface area (Å²) in [5, 5.41) is 2.78. The van der Waals surface area contributed by atoms with Crippen molar-refractivity contribution in [1.82, 2.24) is 4.98 Å². The molecular formula is C17H16N2O2. The summed E-state index contributed by atoms with van der Waals surface area (Å²) in [5.41, 5.74) is 0.677. The van der Waals surface area contributed by atoms with Gasteiger partial charge < -0.3 is 10.1 Å². The van der Waals surface area contributed by atoms with Gasteiger partial charge in [0.15, 0.2) is 0 Å². The zero-order valence-corrected chi connectivity index (χ0v) is 11.7. The SMILES string of the molecule is C/C=C/C=C/C(=O)Nc1cccc(Oc2ccncc2)c1. The summed E-state index contributed by atoms with van der Waals surface area (Å²) in [5.74, 6) is 1.16. The number of pyridine rings is 1. The van der Waals surface area contributed by atoms with E-state index >= 15 is 0 Å². The van der Waals surface area contributed by atoms with Gasteiger partial charge in [0.1, 0.15) is 11.5 Å². The average Bonchev–Trinajstić information content (AvgIpc) is 2.49. The number of ether oxygens (including phenoxy) is 1. The molecule has 0 bridgehead atoms. The molecule has 0 saturated carbocycles. The van der Waals surface area contributed by atoms with E-state index in [0.29, 0.717) is 17.2 Å². The van der Waals surface area contributed by atoms with Crippen molar-refractivity contribution in [3.8, 4) is 11.5 Å². The maximum Gasteiger partial charge on any atom is 0.248 e. The van der Waals surface area contributed by atoms with E-state index in [2.05, 4.69) is 10.3 Å². The van der Waals surface area contributed by atoms with Gasteiger partial charge in [-0.1, -0.05) is 24.3 Å². The Hall–Kier alpha value is -2.88. The minimum atomic E-state index is -0.186. The highest BCUT2D eigenvalue weighted by Crippen LogP contribution is 2.23. The monoisotopic (exact) mass is 280 g/mol. The van der Waals surface area contributed by atoms with E-state index in [1.54, 1.807) is 48.8 Å². The van der Waals surface area contributed by atoms with E-state index < -0.39 is 0 Å². The van der Waals surface area contributed by atoms with Crippen molar-refractivity contribution in [2.24, 2.45) is 0 Å². The van der Waals surface area contributed by atoms with Crippen LogP contribution in [0.3, 0.4) is 0 Å². The Labute approximate surface area is 123 Å². The van der Waals surface area contributed by atoms with Gasteiger partial charge >= 0.3 is 0 Å². The molecule has 1 aromatic carbocycles. The molecule has 21 heavy (non-hydrogen) atoms. The summed E-state index contributed by atoms with van der Waals surface area (Å²) >= 11 is 0. The average molecular weight is 280 g/mol.